The van der Waals surface area contributed by atoms with Crippen LogP contribution in [-0.2, 0) is 13.4 Å². The topological polar surface area (TPSA) is 124 Å². The van der Waals surface area contributed by atoms with Gasteiger partial charge >= 0.3 is 15.6 Å². The second-order valence-electron chi connectivity index (χ2n) is 1.06. The van der Waals surface area contributed by atoms with Gasteiger partial charge in [-0.1, -0.05) is 0 Å². The van der Waals surface area contributed by atoms with Gasteiger partial charge in [0.1, 0.15) is 0 Å². The fraction of sp³-hybridized carbons (Fsp3) is 0. The van der Waals surface area contributed by atoms with Crippen molar-refractivity contribution < 1.29 is 33.0 Å². The summed E-state index contributed by atoms with van der Waals surface area (Å²) in [5.41, 5.74) is 0. The van der Waals surface area contributed by atoms with Crippen LogP contribution in [0.2, 0.25) is 0 Å². The first kappa shape index (κ1) is 25.9. The Labute approximate surface area is 197 Å². The van der Waals surface area contributed by atoms with Crippen molar-refractivity contribution in [1.29, 1.82) is 0 Å². The van der Waals surface area contributed by atoms with Gasteiger partial charge in [0.15, 0.2) is 0 Å². The van der Waals surface area contributed by atoms with E-state index in [1.54, 1.807) is 0 Å². The van der Waals surface area contributed by atoms with Gasteiger partial charge in [-0.2, -0.15) is 4.31 Å². The minimum absolute atomic E-state index is 0. The summed E-state index contributed by atoms with van der Waals surface area (Å²) in [7, 11) is -10.1. The monoisotopic (exact) mass is 295 g/mol. The fourth-order valence-electron chi connectivity index (χ4n) is 0.139. The second-order valence-corrected chi connectivity index (χ2v) is 3.68. The van der Waals surface area contributed by atoms with E-state index in [1.807, 2.05) is 0 Å². The van der Waals surface area contributed by atoms with Gasteiger partial charge in [-0.05, 0) is 0 Å². The third kappa shape index (κ3) is 24.4. The van der Waals surface area contributed by atoms with E-state index < -0.39 is 15.6 Å². The van der Waals surface area contributed by atoms with Crippen molar-refractivity contribution in [2.45, 2.75) is 0 Å². The van der Waals surface area contributed by atoms with Crippen LogP contribution in [0, 0.1) is 0 Å². The first-order valence-corrected chi connectivity index (χ1v) is 4.59. The molecule has 0 saturated carbocycles. The quantitative estimate of drug-likeness (QED) is 0.344. The molecule has 0 aromatic carbocycles. The molecule has 0 fully saturated rings. The minimum Gasteiger partial charge on any atom is -0.302 e. The maximum absolute atomic E-state index is 9.63. The zero-order valence-corrected chi connectivity index (χ0v) is 18.1. The van der Waals surface area contributed by atoms with Gasteiger partial charge in [0.25, 0.3) is 0 Å². The zero-order valence-electron chi connectivity index (χ0n) is 6.91. The van der Waals surface area contributed by atoms with Crippen LogP contribution in [0.15, 0.2) is 0 Å². The van der Waals surface area contributed by atoms with Crippen LogP contribution in [0.1, 0.15) is 0 Å². The Kier molecular flexibility index (Phi) is 24.3. The molecule has 0 heterocycles. The third-order valence-electron chi connectivity index (χ3n) is 0.213. The number of hydrogen-bond donors (Lipinski definition) is 4. The van der Waals surface area contributed by atoms with E-state index in [2.05, 4.69) is 4.31 Å². The van der Waals surface area contributed by atoms with Gasteiger partial charge in [0.05, 0.1) is 0 Å². The summed E-state index contributed by atoms with van der Waals surface area (Å²) < 4.78 is 22.2. The second kappa shape index (κ2) is 11.3. The summed E-state index contributed by atoms with van der Waals surface area (Å²) in [4.78, 5) is 31.0. The normalized spacial score (nSPS) is 10.3. The van der Waals surface area contributed by atoms with Crippen LogP contribution in [-0.4, -0.2) is 174 Å². The van der Waals surface area contributed by atoms with Gasteiger partial charge in [-0.15, -0.1) is 0 Å². The summed E-state index contributed by atoms with van der Waals surface area (Å²) in [6.45, 7) is 0. The first-order chi connectivity index (χ1) is 3.71. The Morgan fingerprint density at radius 3 is 0.917 bits per heavy atom. The fourth-order valence-corrected chi connectivity index (χ4v) is 1.25. The van der Waals surface area contributed by atoms with Crippen molar-refractivity contribution in [3.8, 4) is 0 Å². The molecule has 12 heavy (non-hydrogen) atoms. The van der Waals surface area contributed by atoms with Crippen molar-refractivity contribution in [3.05, 3.63) is 0 Å². The summed E-state index contributed by atoms with van der Waals surface area (Å²) >= 11 is 0. The number of hydrogen-bond acceptors (Lipinski definition) is 3. The van der Waals surface area contributed by atoms with Crippen molar-refractivity contribution in [2.24, 2.45) is 0 Å². The van der Waals surface area contributed by atoms with Crippen molar-refractivity contribution in [3.63, 3.8) is 0 Å². The molecule has 0 spiro atoms. The molecular formula is H4K3O7P2. The Morgan fingerprint density at radius 1 is 0.750 bits per heavy atom. The van der Waals surface area contributed by atoms with Gasteiger partial charge in [-0.25, -0.2) is 9.13 Å². The van der Waals surface area contributed by atoms with Crippen molar-refractivity contribution in [1.82, 2.24) is 0 Å². The number of phosphoric acid groups is 2. The van der Waals surface area contributed by atoms with Gasteiger partial charge in [0, 0.05) is 154 Å². The summed E-state index contributed by atoms with van der Waals surface area (Å²) in [6.07, 6.45) is 0. The third-order valence-corrected chi connectivity index (χ3v) is 1.91. The Balaban J connectivity index is -0.000000107. The first-order valence-electron chi connectivity index (χ1n) is 1.53. The van der Waals surface area contributed by atoms with E-state index in [0.717, 1.165) is 0 Å². The van der Waals surface area contributed by atoms with Crippen molar-refractivity contribution in [2.75, 3.05) is 0 Å². The van der Waals surface area contributed by atoms with Gasteiger partial charge < -0.3 is 19.6 Å². The molecule has 3 radical (unpaired) electrons. The van der Waals surface area contributed by atoms with E-state index in [4.69, 9.17) is 19.6 Å². The molecule has 0 aliphatic carbocycles. The Morgan fingerprint density at radius 2 is 0.917 bits per heavy atom. The average Bonchev–Trinajstić information content (AvgIpc) is 1.14. The predicted molar refractivity (Wildman–Crippen MR) is 42.4 cm³/mol. The molecule has 0 atom stereocenters. The molecule has 0 rings (SSSR count). The van der Waals surface area contributed by atoms with Crippen LogP contribution in [0.4, 0.5) is 0 Å². The molecule has 0 aliphatic rings. The molecular weight excluding hydrogens is 291 g/mol. The van der Waals surface area contributed by atoms with E-state index >= 15 is 0 Å². The minimum atomic E-state index is -5.05. The smallest absolute Gasteiger partial charge is 0.302 e. The van der Waals surface area contributed by atoms with Gasteiger partial charge in [0.2, 0.25) is 0 Å². The van der Waals surface area contributed by atoms with E-state index in [-0.39, 0.29) is 154 Å². The largest absolute Gasteiger partial charge is 0.478 e. The maximum Gasteiger partial charge on any atom is 0.478 e. The SMILES string of the molecule is O=P(O)(O)OP(=O)(O)O.[K].[K].[K]. The Bertz CT molecular complexity index is 157. The van der Waals surface area contributed by atoms with Crippen molar-refractivity contribution >= 4 is 170 Å². The molecule has 0 saturated heterocycles. The van der Waals surface area contributed by atoms with E-state index in [1.165, 1.54) is 0 Å². The molecule has 0 bridgehead atoms. The molecule has 7 nitrogen and oxygen atoms in total. The molecule has 0 aliphatic heterocycles. The van der Waals surface area contributed by atoms with E-state index in [0.29, 0.717) is 0 Å². The zero-order chi connectivity index (χ0) is 7.71. The van der Waals surface area contributed by atoms with Gasteiger partial charge in [-0.3, -0.25) is 0 Å². The summed E-state index contributed by atoms with van der Waals surface area (Å²) in [6, 6.07) is 0. The average molecular weight is 295 g/mol. The van der Waals surface area contributed by atoms with Crippen LogP contribution >= 0.6 is 15.6 Å². The molecule has 0 amide bonds. The van der Waals surface area contributed by atoms with Crippen LogP contribution in [0.5, 0.6) is 0 Å². The maximum atomic E-state index is 9.63. The van der Waals surface area contributed by atoms with Crippen LogP contribution in [0.3, 0.4) is 0 Å². The van der Waals surface area contributed by atoms with Crippen LogP contribution in [0.25, 0.3) is 0 Å². The molecule has 4 N–H and O–H groups in total. The molecule has 0 aromatic heterocycles. The molecule has 59 valence electrons. The Hall–Kier alpha value is 5.17. The molecule has 0 unspecified atom stereocenters. The van der Waals surface area contributed by atoms with E-state index in [9.17, 15) is 9.13 Å². The predicted octanol–water partition coefficient (Wildman–Crippen LogP) is -1.95. The summed E-state index contributed by atoms with van der Waals surface area (Å²) in [5.74, 6) is 0. The standard InChI is InChI=1S/3K.H4O7P2/c;;;1-8(2,3)7-9(4,5)6/h;;;(H2,1,2,3)(H2,4,5,6). The van der Waals surface area contributed by atoms with Crippen LogP contribution < -0.4 is 0 Å². The summed E-state index contributed by atoms with van der Waals surface area (Å²) in [5, 5.41) is 0. The number of rotatable bonds is 2. The molecule has 0 aromatic rings. The molecule has 12 heteroatoms.